The molecule has 0 amide bonds. The van der Waals surface area contributed by atoms with Crippen molar-refractivity contribution < 1.29 is 4.79 Å². The highest BCUT2D eigenvalue weighted by Gasteiger charge is 2.15. The zero-order chi connectivity index (χ0) is 8.10. The van der Waals surface area contributed by atoms with E-state index in [2.05, 4.69) is 17.3 Å². The number of carbonyl (C=O) groups excluding carboxylic acids is 1. The van der Waals surface area contributed by atoms with Crippen LogP contribution in [-0.2, 0) is 4.79 Å². The van der Waals surface area contributed by atoms with Crippen molar-refractivity contribution in [3.63, 3.8) is 0 Å². The van der Waals surface area contributed by atoms with E-state index in [-0.39, 0.29) is 0 Å². The van der Waals surface area contributed by atoms with Gasteiger partial charge in [-0.1, -0.05) is 0 Å². The Morgan fingerprint density at radius 1 is 1.73 bits per heavy atom. The predicted molar refractivity (Wildman–Crippen MR) is 44.6 cm³/mol. The van der Waals surface area contributed by atoms with Crippen molar-refractivity contribution in [3.05, 3.63) is 0 Å². The van der Waals surface area contributed by atoms with Crippen LogP contribution >= 0.6 is 0 Å². The zero-order valence-electron chi connectivity index (χ0n) is 7.05. The lowest BCUT2D eigenvalue weighted by Crippen LogP contribution is -2.44. The number of likely N-dealkylation sites (N-methyl/N-ethyl adjacent to an activating group) is 1. The second-order valence-corrected chi connectivity index (χ2v) is 3.18. The SMILES string of the molecule is CN1CCCC(NCC=O)C1. The molecular formula is C8H16N2O. The third kappa shape index (κ3) is 2.99. The molecule has 3 heteroatoms. The summed E-state index contributed by atoms with van der Waals surface area (Å²) in [5, 5.41) is 3.19. The minimum atomic E-state index is 0.499. The highest BCUT2D eigenvalue weighted by atomic mass is 16.1. The van der Waals surface area contributed by atoms with Gasteiger partial charge >= 0.3 is 0 Å². The summed E-state index contributed by atoms with van der Waals surface area (Å²) in [6.45, 7) is 2.77. The second kappa shape index (κ2) is 4.46. The first-order valence-electron chi connectivity index (χ1n) is 4.18. The van der Waals surface area contributed by atoms with E-state index in [1.807, 2.05) is 0 Å². The van der Waals surface area contributed by atoms with E-state index < -0.39 is 0 Å². The lowest BCUT2D eigenvalue weighted by molar-refractivity contribution is -0.107. The highest BCUT2D eigenvalue weighted by Crippen LogP contribution is 2.06. The number of hydrogen-bond acceptors (Lipinski definition) is 3. The molecule has 0 aromatic rings. The first kappa shape index (κ1) is 8.68. The Bertz CT molecular complexity index is 127. The molecule has 1 heterocycles. The fraction of sp³-hybridized carbons (Fsp3) is 0.875. The Morgan fingerprint density at radius 3 is 3.18 bits per heavy atom. The number of aldehydes is 1. The van der Waals surface area contributed by atoms with Crippen molar-refractivity contribution in [3.8, 4) is 0 Å². The number of carbonyl (C=O) groups is 1. The first-order chi connectivity index (χ1) is 5.33. The van der Waals surface area contributed by atoms with Gasteiger partial charge < -0.3 is 15.0 Å². The summed E-state index contributed by atoms with van der Waals surface area (Å²) in [5.74, 6) is 0. The van der Waals surface area contributed by atoms with Crippen LogP contribution in [0.4, 0.5) is 0 Å². The number of rotatable bonds is 3. The Hall–Kier alpha value is -0.410. The average Bonchev–Trinajstić information content (AvgIpc) is 2.01. The largest absolute Gasteiger partial charge is 0.306 e. The maximum absolute atomic E-state index is 10.1. The molecule has 1 N–H and O–H groups in total. The normalized spacial score (nSPS) is 26.8. The molecular weight excluding hydrogens is 140 g/mol. The van der Waals surface area contributed by atoms with Gasteiger partial charge in [0.05, 0.1) is 6.54 Å². The molecule has 3 nitrogen and oxygen atoms in total. The third-order valence-corrected chi connectivity index (χ3v) is 2.11. The lowest BCUT2D eigenvalue weighted by Gasteiger charge is -2.29. The van der Waals surface area contributed by atoms with Gasteiger partial charge in [-0.15, -0.1) is 0 Å². The van der Waals surface area contributed by atoms with Crippen LogP contribution in [0.3, 0.4) is 0 Å². The molecule has 0 saturated carbocycles. The smallest absolute Gasteiger partial charge is 0.133 e. The van der Waals surface area contributed by atoms with Crippen molar-refractivity contribution >= 4 is 6.29 Å². The number of hydrogen-bond donors (Lipinski definition) is 1. The van der Waals surface area contributed by atoms with Crippen molar-refractivity contribution in [1.29, 1.82) is 0 Å². The van der Waals surface area contributed by atoms with Crippen LogP contribution in [0.15, 0.2) is 0 Å². The van der Waals surface area contributed by atoms with Crippen LogP contribution in [0.1, 0.15) is 12.8 Å². The number of piperidine rings is 1. The van der Waals surface area contributed by atoms with E-state index >= 15 is 0 Å². The van der Waals surface area contributed by atoms with Gasteiger partial charge in [-0.05, 0) is 26.4 Å². The minimum absolute atomic E-state index is 0.499. The summed E-state index contributed by atoms with van der Waals surface area (Å²) >= 11 is 0. The topological polar surface area (TPSA) is 32.3 Å². The van der Waals surface area contributed by atoms with E-state index in [1.54, 1.807) is 0 Å². The molecule has 1 aliphatic heterocycles. The molecule has 1 rings (SSSR count). The van der Waals surface area contributed by atoms with E-state index in [0.717, 1.165) is 12.8 Å². The van der Waals surface area contributed by atoms with Crippen molar-refractivity contribution in [2.24, 2.45) is 0 Å². The van der Waals surface area contributed by atoms with Crippen LogP contribution in [0.2, 0.25) is 0 Å². The molecule has 11 heavy (non-hydrogen) atoms. The van der Waals surface area contributed by atoms with Crippen LogP contribution in [0.5, 0.6) is 0 Å². The summed E-state index contributed by atoms with van der Waals surface area (Å²) in [7, 11) is 2.12. The Kier molecular flexibility index (Phi) is 3.52. The number of nitrogens with one attached hydrogen (secondary N) is 1. The van der Waals surface area contributed by atoms with Gasteiger partial charge in [0.2, 0.25) is 0 Å². The van der Waals surface area contributed by atoms with E-state index in [1.165, 1.54) is 19.4 Å². The second-order valence-electron chi connectivity index (χ2n) is 3.18. The van der Waals surface area contributed by atoms with E-state index in [4.69, 9.17) is 0 Å². The monoisotopic (exact) mass is 156 g/mol. The maximum atomic E-state index is 10.1. The molecule has 1 unspecified atom stereocenters. The Morgan fingerprint density at radius 2 is 2.55 bits per heavy atom. The molecule has 0 radical (unpaired) electrons. The van der Waals surface area contributed by atoms with Gasteiger partial charge in [-0.2, -0.15) is 0 Å². The highest BCUT2D eigenvalue weighted by molar-refractivity contribution is 5.51. The van der Waals surface area contributed by atoms with Crippen molar-refractivity contribution in [2.75, 3.05) is 26.7 Å². The van der Waals surface area contributed by atoms with Gasteiger partial charge in [0.15, 0.2) is 0 Å². The molecule has 1 saturated heterocycles. The molecule has 64 valence electrons. The van der Waals surface area contributed by atoms with Gasteiger partial charge in [0, 0.05) is 12.6 Å². The van der Waals surface area contributed by atoms with Gasteiger partial charge in [-0.25, -0.2) is 0 Å². The molecule has 0 aliphatic carbocycles. The molecule has 0 spiro atoms. The summed E-state index contributed by atoms with van der Waals surface area (Å²) in [4.78, 5) is 12.4. The number of likely N-dealkylation sites (tertiary alicyclic amines) is 1. The summed E-state index contributed by atoms with van der Waals surface area (Å²) < 4.78 is 0. The molecule has 0 aromatic heterocycles. The summed E-state index contributed by atoms with van der Waals surface area (Å²) in [6, 6.07) is 0.527. The lowest BCUT2D eigenvalue weighted by atomic mass is 10.1. The van der Waals surface area contributed by atoms with Gasteiger partial charge in [0.1, 0.15) is 6.29 Å². The molecule has 1 atom stereocenters. The van der Waals surface area contributed by atoms with E-state index in [0.29, 0.717) is 12.6 Å². The molecule has 0 aromatic carbocycles. The fourth-order valence-corrected chi connectivity index (χ4v) is 1.55. The summed E-state index contributed by atoms with van der Waals surface area (Å²) in [6.07, 6.45) is 3.37. The van der Waals surface area contributed by atoms with Crippen molar-refractivity contribution in [2.45, 2.75) is 18.9 Å². The maximum Gasteiger partial charge on any atom is 0.133 e. The van der Waals surface area contributed by atoms with E-state index in [9.17, 15) is 4.79 Å². The van der Waals surface area contributed by atoms with Crippen molar-refractivity contribution in [1.82, 2.24) is 10.2 Å². The predicted octanol–water partition coefficient (Wildman–Crippen LogP) is -0.131. The average molecular weight is 156 g/mol. The quantitative estimate of drug-likeness (QED) is 0.578. The zero-order valence-corrected chi connectivity index (χ0v) is 7.05. The standard InChI is InChI=1S/C8H16N2O/c1-10-5-2-3-8(7-10)9-4-6-11/h6,8-9H,2-5,7H2,1H3. The molecule has 1 fully saturated rings. The summed E-state index contributed by atoms with van der Waals surface area (Å²) in [5.41, 5.74) is 0. The van der Waals surface area contributed by atoms with Crippen LogP contribution < -0.4 is 5.32 Å². The minimum Gasteiger partial charge on any atom is -0.306 e. The number of nitrogens with zero attached hydrogens (tertiary/aromatic N) is 1. The van der Waals surface area contributed by atoms with Crippen LogP contribution in [0.25, 0.3) is 0 Å². The van der Waals surface area contributed by atoms with Crippen LogP contribution in [0, 0.1) is 0 Å². The van der Waals surface area contributed by atoms with Gasteiger partial charge in [-0.3, -0.25) is 0 Å². The Balaban J connectivity index is 2.17. The van der Waals surface area contributed by atoms with Crippen LogP contribution in [-0.4, -0.2) is 43.9 Å². The first-order valence-corrected chi connectivity index (χ1v) is 4.18. The third-order valence-electron chi connectivity index (χ3n) is 2.11. The fourth-order valence-electron chi connectivity index (χ4n) is 1.55. The Labute approximate surface area is 67.8 Å². The molecule has 0 bridgehead atoms. The van der Waals surface area contributed by atoms with Gasteiger partial charge in [0.25, 0.3) is 0 Å². The molecule has 1 aliphatic rings.